The summed E-state index contributed by atoms with van der Waals surface area (Å²) in [5.41, 5.74) is -0.111. The number of rotatable bonds is 10. The molecule has 2 aliphatic rings. The fourth-order valence-electron chi connectivity index (χ4n) is 4.33. The molecule has 0 radical (unpaired) electrons. The van der Waals surface area contributed by atoms with Gasteiger partial charge >= 0.3 is 0 Å². The van der Waals surface area contributed by atoms with Crippen LogP contribution in [0.15, 0.2) is 41.0 Å². The summed E-state index contributed by atoms with van der Waals surface area (Å²) in [6, 6.07) is 6.10. The topological polar surface area (TPSA) is 109 Å². The first-order valence-electron chi connectivity index (χ1n) is 12.7. The van der Waals surface area contributed by atoms with Gasteiger partial charge in [0.15, 0.2) is 5.76 Å². The molecule has 3 rings (SSSR count). The van der Waals surface area contributed by atoms with Crippen molar-refractivity contribution >= 4 is 15.9 Å². The summed E-state index contributed by atoms with van der Waals surface area (Å²) in [7, 11) is -0.304. The van der Waals surface area contributed by atoms with Crippen molar-refractivity contribution in [3.63, 3.8) is 0 Å². The molecule has 1 aromatic rings. The van der Waals surface area contributed by atoms with E-state index >= 15 is 0 Å². The molecule has 2 atom stereocenters. The van der Waals surface area contributed by atoms with Crippen LogP contribution in [0.25, 0.3) is 0 Å². The Balaban J connectivity index is 1.67. The zero-order chi connectivity index (χ0) is 27.2. The Morgan fingerprint density at radius 1 is 1.14 bits per heavy atom. The molecule has 1 saturated heterocycles. The zero-order valence-electron chi connectivity index (χ0n) is 22.6. The Labute approximate surface area is 220 Å². The highest BCUT2D eigenvalue weighted by atomic mass is 32.2. The van der Waals surface area contributed by atoms with E-state index in [9.17, 15) is 18.3 Å². The molecule has 2 aliphatic heterocycles. The summed E-state index contributed by atoms with van der Waals surface area (Å²) in [5.74, 6) is 0.751. The lowest BCUT2D eigenvalue weighted by Gasteiger charge is -2.38. The van der Waals surface area contributed by atoms with E-state index in [0.29, 0.717) is 31.0 Å². The number of nitrogens with zero attached hydrogens (tertiary/aromatic N) is 3. The lowest BCUT2D eigenvalue weighted by atomic mass is 9.77. The number of sulfonamides is 1. The largest absolute Gasteiger partial charge is 0.497 e. The number of ether oxygens (including phenoxy) is 3. The Hall–Kier alpha value is -2.18. The van der Waals surface area contributed by atoms with Gasteiger partial charge in [-0.25, -0.2) is 8.42 Å². The van der Waals surface area contributed by atoms with Crippen molar-refractivity contribution in [2.75, 3.05) is 66.6 Å². The van der Waals surface area contributed by atoms with Crippen molar-refractivity contribution < 1.29 is 32.5 Å². The van der Waals surface area contributed by atoms with Crippen LogP contribution in [-0.2, 0) is 24.3 Å². The number of piperazine rings is 1. The van der Waals surface area contributed by atoms with Gasteiger partial charge in [0.1, 0.15) is 5.75 Å². The number of hydrogen-bond donors (Lipinski definition) is 1. The van der Waals surface area contributed by atoms with Crippen LogP contribution in [0.2, 0.25) is 0 Å². The molecule has 1 fully saturated rings. The van der Waals surface area contributed by atoms with Crippen LogP contribution in [0.1, 0.15) is 27.2 Å². The van der Waals surface area contributed by atoms with Crippen molar-refractivity contribution in [3.8, 4) is 5.75 Å². The molecule has 0 aromatic heterocycles. The average Bonchev–Trinajstić information content (AvgIpc) is 2.87. The normalized spacial score (nSPS) is 21.5. The molecule has 0 unspecified atom stereocenters. The third kappa shape index (κ3) is 7.67. The lowest BCUT2D eigenvalue weighted by Crippen LogP contribution is -2.48. The molecule has 1 amide bonds. The van der Waals surface area contributed by atoms with Gasteiger partial charge in [0.25, 0.3) is 5.91 Å². The molecule has 1 aromatic carbocycles. The van der Waals surface area contributed by atoms with E-state index in [0.717, 1.165) is 13.1 Å². The quantitative estimate of drug-likeness (QED) is 0.479. The Bertz CT molecular complexity index is 1030. The number of aliphatic hydroxyl groups excluding tert-OH is 1. The Morgan fingerprint density at radius 3 is 2.35 bits per heavy atom. The standard InChI is InChI=1S/C26H41N3O7S/c1-26(2,3)20-18-23(25(31)28-12-10-27(4)11-13-28)36-24(19-20)35-17-15-29(14-16-30)37(32,33)22-8-6-21(34-5)7-9-22/h6-9,18,20,24,30H,10-17,19H2,1-5H3/t20-,24+/m0/s1. The van der Waals surface area contributed by atoms with Crippen molar-refractivity contribution in [1.82, 2.24) is 14.1 Å². The van der Waals surface area contributed by atoms with Gasteiger partial charge in [-0.15, -0.1) is 0 Å². The SMILES string of the molecule is COc1ccc(S(=O)(=O)N(CCO)CCO[C@H]2C[C@@H](C(C)(C)C)C=C(C(=O)N3CCN(C)CC3)O2)cc1. The molecule has 2 heterocycles. The molecule has 37 heavy (non-hydrogen) atoms. The number of hydrogen-bond acceptors (Lipinski definition) is 8. The van der Waals surface area contributed by atoms with Gasteiger partial charge in [0.05, 0.1) is 25.2 Å². The summed E-state index contributed by atoms with van der Waals surface area (Å²) in [4.78, 5) is 17.3. The third-order valence-corrected chi connectivity index (χ3v) is 8.77. The minimum atomic E-state index is -3.85. The zero-order valence-corrected chi connectivity index (χ0v) is 23.4. The fraction of sp³-hybridized carbons (Fsp3) is 0.654. The van der Waals surface area contributed by atoms with Crippen LogP contribution < -0.4 is 4.74 Å². The second-order valence-corrected chi connectivity index (χ2v) is 12.5. The molecule has 10 nitrogen and oxygen atoms in total. The maximum Gasteiger partial charge on any atom is 0.288 e. The summed E-state index contributed by atoms with van der Waals surface area (Å²) in [6.07, 6.45) is 1.78. The lowest BCUT2D eigenvalue weighted by molar-refractivity contribution is -0.159. The second-order valence-electron chi connectivity index (χ2n) is 10.6. The number of aliphatic hydroxyl groups is 1. The van der Waals surface area contributed by atoms with Crippen LogP contribution in [0.5, 0.6) is 5.75 Å². The highest BCUT2D eigenvalue weighted by Crippen LogP contribution is 2.37. The Kier molecular flexibility index (Phi) is 9.99. The van der Waals surface area contributed by atoms with Crippen molar-refractivity contribution in [2.45, 2.75) is 38.4 Å². The number of allylic oxidation sites excluding steroid dienone is 1. The van der Waals surface area contributed by atoms with E-state index in [1.54, 1.807) is 17.0 Å². The Morgan fingerprint density at radius 2 is 1.78 bits per heavy atom. The molecule has 1 N–H and O–H groups in total. The first-order chi connectivity index (χ1) is 17.5. The van der Waals surface area contributed by atoms with Gasteiger partial charge < -0.3 is 29.1 Å². The van der Waals surface area contributed by atoms with E-state index in [2.05, 4.69) is 25.7 Å². The maximum atomic E-state index is 13.2. The molecule has 208 valence electrons. The minimum absolute atomic E-state index is 0.0282. The smallest absolute Gasteiger partial charge is 0.288 e. The molecule has 0 saturated carbocycles. The van der Waals surface area contributed by atoms with E-state index in [1.807, 2.05) is 13.1 Å². The predicted octanol–water partition coefficient (Wildman–Crippen LogP) is 1.76. The number of amides is 1. The number of benzene rings is 1. The molecular weight excluding hydrogens is 498 g/mol. The van der Waals surface area contributed by atoms with Gasteiger partial charge in [0, 0.05) is 45.7 Å². The van der Waals surface area contributed by atoms with E-state index < -0.39 is 16.3 Å². The molecule has 0 aliphatic carbocycles. The van der Waals surface area contributed by atoms with E-state index in [4.69, 9.17) is 14.2 Å². The van der Waals surface area contributed by atoms with Gasteiger partial charge in [-0.05, 0) is 48.7 Å². The molecular formula is C26H41N3O7S. The summed E-state index contributed by atoms with van der Waals surface area (Å²) in [6.45, 7) is 8.91. The summed E-state index contributed by atoms with van der Waals surface area (Å²) >= 11 is 0. The molecule has 0 spiro atoms. The van der Waals surface area contributed by atoms with Crippen molar-refractivity contribution in [3.05, 3.63) is 36.1 Å². The first-order valence-corrected chi connectivity index (χ1v) is 14.1. The average molecular weight is 540 g/mol. The van der Waals surface area contributed by atoms with Crippen LogP contribution in [0.4, 0.5) is 0 Å². The second kappa shape index (κ2) is 12.6. The minimum Gasteiger partial charge on any atom is -0.497 e. The summed E-state index contributed by atoms with van der Waals surface area (Å²) in [5, 5.41) is 9.49. The number of carbonyl (C=O) groups excluding carboxylic acids is 1. The third-order valence-electron chi connectivity index (χ3n) is 6.86. The van der Waals surface area contributed by atoms with Crippen LogP contribution in [-0.4, -0.2) is 106 Å². The maximum absolute atomic E-state index is 13.2. The van der Waals surface area contributed by atoms with Gasteiger partial charge in [-0.3, -0.25) is 4.79 Å². The van der Waals surface area contributed by atoms with Crippen LogP contribution >= 0.6 is 0 Å². The van der Waals surface area contributed by atoms with Crippen LogP contribution in [0, 0.1) is 11.3 Å². The molecule has 11 heteroatoms. The van der Waals surface area contributed by atoms with Crippen molar-refractivity contribution in [2.24, 2.45) is 11.3 Å². The fourth-order valence-corrected chi connectivity index (χ4v) is 5.74. The molecule has 0 bridgehead atoms. The predicted molar refractivity (Wildman–Crippen MR) is 139 cm³/mol. The van der Waals surface area contributed by atoms with Crippen molar-refractivity contribution in [1.29, 1.82) is 0 Å². The highest BCUT2D eigenvalue weighted by molar-refractivity contribution is 7.89. The number of carbonyl (C=O) groups is 1. The van der Waals surface area contributed by atoms with E-state index in [1.165, 1.54) is 23.5 Å². The van der Waals surface area contributed by atoms with Gasteiger partial charge in [-0.2, -0.15) is 4.31 Å². The van der Waals surface area contributed by atoms with Gasteiger partial charge in [0.2, 0.25) is 16.3 Å². The number of methoxy groups -OCH3 is 1. The number of likely N-dealkylation sites (N-methyl/N-ethyl adjacent to an activating group) is 1. The van der Waals surface area contributed by atoms with Crippen LogP contribution in [0.3, 0.4) is 0 Å². The monoisotopic (exact) mass is 539 g/mol. The van der Waals surface area contributed by atoms with E-state index in [-0.39, 0.29) is 48.4 Å². The highest BCUT2D eigenvalue weighted by Gasteiger charge is 2.36. The summed E-state index contributed by atoms with van der Waals surface area (Å²) < 4.78 is 44.6. The van der Waals surface area contributed by atoms with Gasteiger partial charge in [-0.1, -0.05) is 20.8 Å². The first kappa shape index (κ1) is 29.4.